The van der Waals surface area contributed by atoms with Crippen molar-refractivity contribution < 1.29 is 14.2 Å². The number of imidazole rings is 1. The molecule has 1 aromatic carbocycles. The van der Waals surface area contributed by atoms with Crippen LogP contribution in [0.5, 0.6) is 17.2 Å². The molecule has 0 atom stereocenters. The maximum atomic E-state index is 6.59. The molecule has 0 spiro atoms. The van der Waals surface area contributed by atoms with Crippen LogP contribution in [-0.4, -0.2) is 40.8 Å². The van der Waals surface area contributed by atoms with E-state index in [-0.39, 0.29) is 11.8 Å². The van der Waals surface area contributed by atoms with Crippen molar-refractivity contribution in [2.45, 2.75) is 36.4 Å². The lowest BCUT2D eigenvalue weighted by Gasteiger charge is -2.16. The second kappa shape index (κ2) is 8.83. The highest BCUT2D eigenvalue weighted by Gasteiger charge is 2.23. The highest BCUT2D eigenvalue weighted by molar-refractivity contribution is 7.99. The Morgan fingerprint density at radius 2 is 1.79 bits per heavy atom. The summed E-state index contributed by atoms with van der Waals surface area (Å²) in [6.07, 6.45) is 1.94. The Bertz CT molecular complexity index is 1040. The van der Waals surface area contributed by atoms with E-state index in [1.165, 1.54) is 26.0 Å². The number of anilines is 2. The minimum Gasteiger partial charge on any atom is -0.493 e. The molecule has 2 heterocycles. The van der Waals surface area contributed by atoms with Gasteiger partial charge in [-0.25, -0.2) is 4.98 Å². The predicted octanol–water partition coefficient (Wildman–Crippen LogP) is 3.62. The number of hydrogen-bond acceptors (Lipinski definition) is 9. The number of halogens is 1. The van der Waals surface area contributed by atoms with E-state index < -0.39 is 0 Å². The highest BCUT2D eigenvalue weighted by atomic mass is 35.5. The van der Waals surface area contributed by atoms with Crippen LogP contribution in [-0.2, 0) is 6.54 Å². The predicted molar refractivity (Wildman–Crippen MR) is 114 cm³/mol. The molecule has 0 fully saturated rings. The SMILES string of the molecule is CCCCn1c(Sc2cc(OC)c(OC)c(OC)c2Cl)nc2c(N)nc(N)nc21. The molecule has 0 amide bonds. The number of nitrogens with zero attached hydrogens (tertiary/aromatic N) is 4. The average Bonchev–Trinajstić information content (AvgIpc) is 3.04. The fourth-order valence-electron chi connectivity index (χ4n) is 2.89. The second-order valence-corrected chi connectivity index (χ2v) is 7.49. The molecule has 0 saturated carbocycles. The Morgan fingerprint density at radius 1 is 1.07 bits per heavy atom. The zero-order chi connectivity index (χ0) is 21.1. The van der Waals surface area contributed by atoms with Crippen LogP contribution in [0.25, 0.3) is 11.2 Å². The van der Waals surface area contributed by atoms with Crippen molar-refractivity contribution in [3.05, 3.63) is 11.1 Å². The molecule has 0 saturated heterocycles. The van der Waals surface area contributed by atoms with Crippen LogP contribution in [0.2, 0.25) is 5.02 Å². The molecule has 156 valence electrons. The van der Waals surface area contributed by atoms with Gasteiger partial charge in [0, 0.05) is 11.4 Å². The number of benzene rings is 1. The molecule has 9 nitrogen and oxygen atoms in total. The zero-order valence-corrected chi connectivity index (χ0v) is 18.2. The first-order chi connectivity index (χ1) is 13.9. The van der Waals surface area contributed by atoms with Crippen LogP contribution >= 0.6 is 23.4 Å². The van der Waals surface area contributed by atoms with Crippen molar-refractivity contribution in [1.29, 1.82) is 0 Å². The molecule has 2 aromatic heterocycles. The number of hydrogen-bond donors (Lipinski definition) is 2. The number of aryl methyl sites for hydroxylation is 1. The van der Waals surface area contributed by atoms with E-state index in [1.54, 1.807) is 13.2 Å². The van der Waals surface area contributed by atoms with Gasteiger partial charge in [0.2, 0.25) is 11.7 Å². The van der Waals surface area contributed by atoms with Gasteiger partial charge in [0.25, 0.3) is 0 Å². The van der Waals surface area contributed by atoms with Crippen LogP contribution in [0.15, 0.2) is 16.1 Å². The third-order valence-corrected chi connectivity index (χ3v) is 5.80. The molecule has 0 radical (unpaired) electrons. The van der Waals surface area contributed by atoms with Crippen LogP contribution in [0.3, 0.4) is 0 Å². The molecular weight excluding hydrogens is 416 g/mol. The quantitative estimate of drug-likeness (QED) is 0.542. The van der Waals surface area contributed by atoms with E-state index in [2.05, 4.69) is 21.9 Å². The average molecular weight is 439 g/mol. The monoisotopic (exact) mass is 438 g/mol. The number of fused-ring (bicyclic) bond motifs is 1. The Labute approximate surface area is 177 Å². The summed E-state index contributed by atoms with van der Waals surface area (Å²) in [4.78, 5) is 13.7. The summed E-state index contributed by atoms with van der Waals surface area (Å²) in [6.45, 7) is 2.81. The number of rotatable bonds is 8. The third kappa shape index (κ3) is 3.95. The Morgan fingerprint density at radius 3 is 2.41 bits per heavy atom. The van der Waals surface area contributed by atoms with E-state index in [0.29, 0.717) is 50.0 Å². The number of unbranched alkanes of at least 4 members (excludes halogenated alkanes) is 1. The first-order valence-corrected chi connectivity index (χ1v) is 10.1. The second-order valence-electron chi connectivity index (χ2n) is 6.10. The molecule has 3 rings (SSSR count). The van der Waals surface area contributed by atoms with Crippen LogP contribution in [0, 0.1) is 0 Å². The van der Waals surface area contributed by atoms with Gasteiger partial charge in [0.1, 0.15) is 5.02 Å². The lowest BCUT2D eigenvalue weighted by molar-refractivity contribution is 0.323. The normalized spacial score (nSPS) is 11.1. The summed E-state index contributed by atoms with van der Waals surface area (Å²) < 4.78 is 18.2. The van der Waals surface area contributed by atoms with Crippen molar-refractivity contribution in [2.75, 3.05) is 32.8 Å². The first-order valence-electron chi connectivity index (χ1n) is 8.90. The van der Waals surface area contributed by atoms with Gasteiger partial charge >= 0.3 is 0 Å². The van der Waals surface area contributed by atoms with Gasteiger partial charge in [-0.3, -0.25) is 0 Å². The number of nitrogen functional groups attached to an aromatic ring is 2. The molecule has 29 heavy (non-hydrogen) atoms. The van der Waals surface area contributed by atoms with Gasteiger partial charge < -0.3 is 30.2 Å². The number of nitrogens with two attached hydrogens (primary N) is 2. The lowest BCUT2D eigenvalue weighted by atomic mass is 10.3. The Kier molecular flexibility index (Phi) is 6.43. The zero-order valence-electron chi connectivity index (χ0n) is 16.7. The molecule has 0 unspecified atom stereocenters. The fraction of sp³-hybridized carbons (Fsp3) is 0.389. The van der Waals surface area contributed by atoms with Gasteiger partial charge in [-0.05, 0) is 24.2 Å². The maximum Gasteiger partial charge on any atom is 0.224 e. The minimum absolute atomic E-state index is 0.106. The first kappa shape index (κ1) is 21.1. The standard InChI is InChI=1S/C18H23ClN6O3S/c1-5-6-7-25-16-12(15(20)23-17(21)24-16)22-18(25)29-10-8-9(26-2)13(27-3)14(28-4)11(10)19/h8H,5-7H2,1-4H3,(H4,20,21,23,24). The smallest absolute Gasteiger partial charge is 0.224 e. The summed E-state index contributed by atoms with van der Waals surface area (Å²) >= 11 is 7.94. The van der Waals surface area contributed by atoms with Crippen molar-refractivity contribution in [3.8, 4) is 17.2 Å². The summed E-state index contributed by atoms with van der Waals surface area (Å²) in [5.41, 5.74) is 12.9. The number of ether oxygens (including phenoxy) is 3. The molecular formula is C18H23ClN6O3S. The highest BCUT2D eigenvalue weighted by Crippen LogP contribution is 2.49. The van der Waals surface area contributed by atoms with E-state index in [9.17, 15) is 0 Å². The topological polar surface area (TPSA) is 123 Å². The summed E-state index contributed by atoms with van der Waals surface area (Å²) in [7, 11) is 4.60. The minimum atomic E-state index is 0.106. The summed E-state index contributed by atoms with van der Waals surface area (Å²) in [5.74, 6) is 1.65. The van der Waals surface area contributed by atoms with Crippen molar-refractivity contribution in [2.24, 2.45) is 0 Å². The van der Waals surface area contributed by atoms with E-state index in [0.717, 1.165) is 12.8 Å². The number of methoxy groups -OCH3 is 3. The van der Waals surface area contributed by atoms with E-state index in [1.807, 2.05) is 4.57 Å². The molecule has 0 aliphatic carbocycles. The lowest BCUT2D eigenvalue weighted by Crippen LogP contribution is -2.04. The summed E-state index contributed by atoms with van der Waals surface area (Å²) in [5, 5.41) is 1.05. The van der Waals surface area contributed by atoms with Crippen LogP contribution in [0.4, 0.5) is 11.8 Å². The van der Waals surface area contributed by atoms with Gasteiger partial charge in [-0.15, -0.1) is 0 Å². The molecule has 3 aromatic rings. The van der Waals surface area contributed by atoms with Gasteiger partial charge in [0.05, 0.1) is 21.3 Å². The van der Waals surface area contributed by atoms with Crippen molar-refractivity contribution in [1.82, 2.24) is 19.5 Å². The van der Waals surface area contributed by atoms with Gasteiger partial charge in [-0.2, -0.15) is 9.97 Å². The van der Waals surface area contributed by atoms with Gasteiger partial charge in [0.15, 0.2) is 33.6 Å². The molecule has 11 heteroatoms. The Hall–Kier alpha value is -2.59. The molecule has 0 aliphatic rings. The number of aromatic nitrogens is 4. The molecule has 4 N–H and O–H groups in total. The molecule has 0 bridgehead atoms. The largest absolute Gasteiger partial charge is 0.493 e. The van der Waals surface area contributed by atoms with Crippen molar-refractivity contribution in [3.63, 3.8) is 0 Å². The van der Waals surface area contributed by atoms with Crippen LogP contribution < -0.4 is 25.7 Å². The Balaban J connectivity index is 2.16. The van der Waals surface area contributed by atoms with E-state index in [4.69, 9.17) is 37.3 Å². The molecule has 0 aliphatic heterocycles. The maximum absolute atomic E-state index is 6.59. The van der Waals surface area contributed by atoms with Gasteiger partial charge in [-0.1, -0.05) is 24.9 Å². The third-order valence-electron chi connectivity index (χ3n) is 4.28. The van der Waals surface area contributed by atoms with Crippen molar-refractivity contribution >= 4 is 46.3 Å². The van der Waals surface area contributed by atoms with Crippen LogP contribution in [0.1, 0.15) is 19.8 Å². The van der Waals surface area contributed by atoms with E-state index >= 15 is 0 Å². The fourth-order valence-corrected chi connectivity index (χ4v) is 4.19. The summed E-state index contributed by atoms with van der Waals surface area (Å²) in [6, 6.07) is 1.78.